The molecule has 0 radical (unpaired) electrons. The molecule has 0 bridgehead atoms. The summed E-state index contributed by atoms with van der Waals surface area (Å²) in [5, 5.41) is 8.19. The highest BCUT2D eigenvalue weighted by atomic mass is 32.2. The molecule has 0 aliphatic carbocycles. The van der Waals surface area contributed by atoms with Crippen LogP contribution in [-0.4, -0.2) is 38.2 Å². The van der Waals surface area contributed by atoms with Crippen LogP contribution in [0.3, 0.4) is 0 Å². The van der Waals surface area contributed by atoms with Crippen molar-refractivity contribution in [1.29, 1.82) is 0 Å². The van der Waals surface area contributed by atoms with Gasteiger partial charge in [-0.15, -0.1) is 0 Å². The summed E-state index contributed by atoms with van der Waals surface area (Å²) in [5.41, 5.74) is 0. The van der Waals surface area contributed by atoms with E-state index in [9.17, 15) is 18.0 Å². The smallest absolute Gasteiger partial charge is 0.422 e. The summed E-state index contributed by atoms with van der Waals surface area (Å²) in [6.45, 7) is 2.26. The normalized spacial score (nSPS) is 11.1. The topological polar surface area (TPSA) is 122 Å². The molecule has 0 aromatic heterocycles. The van der Waals surface area contributed by atoms with E-state index in [4.69, 9.17) is 5.11 Å². The summed E-state index contributed by atoms with van der Waals surface area (Å²) in [6, 6.07) is 0. The van der Waals surface area contributed by atoms with Gasteiger partial charge < -0.3 is 9.84 Å². The Morgan fingerprint density at radius 2 is 1.93 bits per heavy atom. The van der Waals surface area contributed by atoms with Gasteiger partial charge in [-0.2, -0.15) is 13.1 Å². The molecule has 0 aliphatic heterocycles. The first kappa shape index (κ1) is 13.7. The van der Waals surface area contributed by atoms with E-state index in [2.05, 4.69) is 4.74 Å². The molecule has 1 amide bonds. The second-order valence-electron chi connectivity index (χ2n) is 2.77. The van der Waals surface area contributed by atoms with Crippen molar-refractivity contribution in [2.75, 3.05) is 6.54 Å². The second-order valence-corrected chi connectivity index (χ2v) is 4.27. The number of nitrogens with one attached hydrogen (secondary N) is 2. The number of ether oxygens (including phenoxy) is 1. The fourth-order valence-corrected chi connectivity index (χ4v) is 1.19. The van der Waals surface area contributed by atoms with Gasteiger partial charge in [0.15, 0.2) is 0 Å². The molecule has 8 nitrogen and oxygen atoms in total. The Morgan fingerprint density at radius 3 is 2.33 bits per heavy atom. The number of hydrogen-bond acceptors (Lipinski definition) is 5. The lowest BCUT2D eigenvalue weighted by Gasteiger charge is -2.09. The molecule has 0 spiro atoms. The molecule has 9 heteroatoms. The van der Waals surface area contributed by atoms with E-state index in [1.54, 1.807) is 4.72 Å². The third-order valence-corrected chi connectivity index (χ3v) is 1.93. The zero-order valence-corrected chi connectivity index (χ0v) is 9.00. The van der Waals surface area contributed by atoms with E-state index in [-0.39, 0.29) is 0 Å². The number of hydrogen-bond donors (Lipinski definition) is 3. The summed E-state index contributed by atoms with van der Waals surface area (Å²) in [5.74, 6) is -1.36. The first-order chi connectivity index (χ1) is 6.73. The molecule has 0 saturated heterocycles. The van der Waals surface area contributed by atoms with Gasteiger partial charge in [-0.3, -0.25) is 4.79 Å². The van der Waals surface area contributed by atoms with Crippen LogP contribution >= 0.6 is 0 Å². The third kappa shape index (κ3) is 7.70. The summed E-state index contributed by atoms with van der Waals surface area (Å²) < 4.78 is 29.5. The molecule has 0 atom stereocenters. The molecule has 3 N–H and O–H groups in total. The molecule has 15 heavy (non-hydrogen) atoms. The van der Waals surface area contributed by atoms with Crippen LogP contribution in [0.2, 0.25) is 0 Å². The molecule has 0 rings (SSSR count). The zero-order valence-electron chi connectivity index (χ0n) is 8.18. The molecule has 0 aliphatic rings. The maximum atomic E-state index is 10.9. The number of aliphatic carboxylic acids is 1. The van der Waals surface area contributed by atoms with E-state index in [0.29, 0.717) is 0 Å². The molecular formula is C6H12N2O6S. The van der Waals surface area contributed by atoms with E-state index >= 15 is 0 Å². The minimum atomic E-state index is -4.18. The monoisotopic (exact) mass is 240 g/mol. The summed E-state index contributed by atoms with van der Waals surface area (Å²) >= 11 is 0. The number of rotatable bonds is 5. The van der Waals surface area contributed by atoms with Crippen molar-refractivity contribution >= 4 is 22.3 Å². The van der Waals surface area contributed by atoms with Crippen molar-refractivity contribution in [3.8, 4) is 0 Å². The van der Waals surface area contributed by atoms with Crippen LogP contribution in [0.5, 0.6) is 0 Å². The van der Waals surface area contributed by atoms with Gasteiger partial charge in [0.1, 0.15) is 6.54 Å². The van der Waals surface area contributed by atoms with Gasteiger partial charge in [0.25, 0.3) is 0 Å². The average Bonchev–Trinajstić information content (AvgIpc) is 1.98. The largest absolute Gasteiger partial charge is 0.480 e. The Morgan fingerprint density at radius 1 is 1.40 bits per heavy atom. The van der Waals surface area contributed by atoms with Gasteiger partial charge in [0.05, 0.1) is 6.10 Å². The molecule has 0 aromatic carbocycles. The summed E-state index contributed by atoms with van der Waals surface area (Å²) in [6.07, 6.45) is -1.64. The minimum Gasteiger partial charge on any atom is -0.480 e. The van der Waals surface area contributed by atoms with Crippen molar-refractivity contribution in [3.63, 3.8) is 0 Å². The lowest BCUT2D eigenvalue weighted by molar-refractivity contribution is -0.135. The minimum absolute atomic E-state index is 0.473. The zero-order chi connectivity index (χ0) is 12.1. The first-order valence-electron chi connectivity index (χ1n) is 3.93. The van der Waals surface area contributed by atoms with Crippen LogP contribution in [0, 0.1) is 0 Å². The molecule has 0 aromatic rings. The van der Waals surface area contributed by atoms with Gasteiger partial charge in [-0.25, -0.2) is 9.52 Å². The highest BCUT2D eigenvalue weighted by molar-refractivity contribution is 7.88. The van der Waals surface area contributed by atoms with E-state index in [1.807, 2.05) is 0 Å². The highest BCUT2D eigenvalue weighted by Crippen LogP contribution is 1.89. The molecular weight excluding hydrogens is 228 g/mol. The lowest BCUT2D eigenvalue weighted by atomic mass is 10.5. The summed E-state index contributed by atoms with van der Waals surface area (Å²) in [4.78, 5) is 20.9. The Balaban J connectivity index is 4.14. The first-order valence-corrected chi connectivity index (χ1v) is 5.41. The Kier molecular flexibility index (Phi) is 5.02. The molecule has 0 heterocycles. The van der Waals surface area contributed by atoms with Crippen molar-refractivity contribution < 1.29 is 27.9 Å². The number of carboxylic acid groups (broad SMARTS) is 1. The maximum absolute atomic E-state index is 10.9. The van der Waals surface area contributed by atoms with Gasteiger partial charge in [-0.05, 0) is 13.8 Å². The summed E-state index contributed by atoms with van der Waals surface area (Å²) in [7, 11) is -4.18. The van der Waals surface area contributed by atoms with Crippen LogP contribution in [0.15, 0.2) is 0 Å². The van der Waals surface area contributed by atoms with Crippen molar-refractivity contribution in [2.45, 2.75) is 20.0 Å². The molecule has 88 valence electrons. The lowest BCUT2D eigenvalue weighted by Crippen LogP contribution is -2.43. The highest BCUT2D eigenvalue weighted by Gasteiger charge is 2.16. The number of carbonyl (C=O) groups is 2. The third-order valence-electron chi connectivity index (χ3n) is 0.974. The van der Waals surface area contributed by atoms with Crippen molar-refractivity contribution in [2.24, 2.45) is 0 Å². The standard InChI is InChI=1S/C6H12N2O6S/c1-4(2)14-6(11)8-15(12,13)7-3-5(9)10/h4,7H,3H2,1-2H3,(H,8,11)(H,9,10). The quantitative estimate of drug-likeness (QED) is 0.569. The van der Waals surface area contributed by atoms with Crippen molar-refractivity contribution in [1.82, 2.24) is 9.44 Å². The van der Waals surface area contributed by atoms with Crippen LogP contribution in [0.1, 0.15) is 13.8 Å². The van der Waals surface area contributed by atoms with E-state index in [0.717, 1.165) is 0 Å². The van der Waals surface area contributed by atoms with Gasteiger partial charge >= 0.3 is 22.3 Å². The predicted octanol–water partition coefficient (Wildman–Crippen LogP) is -0.960. The Labute approximate surface area is 86.8 Å². The Bertz CT molecular complexity index is 336. The molecule has 0 saturated carbocycles. The number of amides is 1. The van der Waals surface area contributed by atoms with Gasteiger partial charge in [0.2, 0.25) is 0 Å². The second kappa shape index (κ2) is 5.51. The maximum Gasteiger partial charge on any atom is 0.422 e. The van der Waals surface area contributed by atoms with Crippen LogP contribution in [-0.2, 0) is 19.7 Å². The Hall–Kier alpha value is -1.35. The van der Waals surface area contributed by atoms with Gasteiger partial charge in [-0.1, -0.05) is 0 Å². The number of carboxylic acids is 1. The van der Waals surface area contributed by atoms with E-state index in [1.165, 1.54) is 18.6 Å². The van der Waals surface area contributed by atoms with Gasteiger partial charge in [0, 0.05) is 0 Å². The SMILES string of the molecule is CC(C)OC(=O)NS(=O)(=O)NCC(=O)O. The van der Waals surface area contributed by atoms with E-state index < -0.39 is 34.9 Å². The number of carbonyl (C=O) groups excluding carboxylic acids is 1. The van der Waals surface area contributed by atoms with Crippen LogP contribution in [0.4, 0.5) is 4.79 Å². The average molecular weight is 240 g/mol. The van der Waals surface area contributed by atoms with Crippen molar-refractivity contribution in [3.05, 3.63) is 0 Å². The predicted molar refractivity (Wildman–Crippen MR) is 49.3 cm³/mol. The van der Waals surface area contributed by atoms with Crippen LogP contribution < -0.4 is 9.44 Å². The van der Waals surface area contributed by atoms with Crippen LogP contribution in [0.25, 0.3) is 0 Å². The fourth-order valence-electron chi connectivity index (χ4n) is 0.541. The molecule has 0 unspecified atom stereocenters. The molecule has 0 fully saturated rings. The fraction of sp³-hybridized carbons (Fsp3) is 0.667.